The molecule has 1 atom stereocenters. The monoisotopic (exact) mass is 278 g/mol. The normalized spacial score (nSPS) is 21.3. The molecule has 1 heterocycles. The molecular weight excluding hydrogens is 248 g/mol. The lowest BCUT2D eigenvalue weighted by Gasteiger charge is -2.41. The number of aromatic nitrogens is 2. The fourth-order valence-electron chi connectivity index (χ4n) is 3.31. The highest BCUT2D eigenvalue weighted by atomic mass is 15.3. The van der Waals surface area contributed by atoms with E-state index in [1.54, 1.807) is 0 Å². The summed E-state index contributed by atoms with van der Waals surface area (Å²) in [6.07, 6.45) is 9.30. The molecule has 0 amide bonds. The third-order valence-corrected chi connectivity index (χ3v) is 4.96. The number of nitrogens with zero attached hydrogens (tertiary/aromatic N) is 3. The number of likely N-dealkylation sites (N-methyl/N-ethyl adjacent to an activating group) is 1. The molecule has 0 saturated heterocycles. The summed E-state index contributed by atoms with van der Waals surface area (Å²) >= 11 is 0. The fourth-order valence-corrected chi connectivity index (χ4v) is 3.31. The van der Waals surface area contributed by atoms with Crippen molar-refractivity contribution in [1.29, 1.82) is 0 Å². The van der Waals surface area contributed by atoms with E-state index in [-0.39, 0.29) is 0 Å². The second kappa shape index (κ2) is 6.27. The minimum atomic E-state index is 0.293. The summed E-state index contributed by atoms with van der Waals surface area (Å²) in [4.78, 5) is 2.48. The Morgan fingerprint density at radius 3 is 2.60 bits per heavy atom. The Bertz CT molecular complexity index is 414. The molecule has 0 spiro atoms. The Labute approximate surface area is 123 Å². The smallest absolute Gasteiger partial charge is 0.0538 e. The van der Waals surface area contributed by atoms with Crippen LogP contribution in [0.1, 0.15) is 58.1 Å². The lowest BCUT2D eigenvalue weighted by molar-refractivity contribution is 0.0966. The molecule has 0 bridgehead atoms. The molecule has 1 aliphatic carbocycles. The van der Waals surface area contributed by atoms with Gasteiger partial charge < -0.3 is 5.73 Å². The molecule has 0 radical (unpaired) electrons. The average molecular weight is 278 g/mol. The molecule has 1 aromatic rings. The van der Waals surface area contributed by atoms with E-state index < -0.39 is 0 Å². The SMILES string of the molecule is CCn1cc(C(CN)N(C)C2CCC(C)(C)CC2)cn1. The molecule has 4 nitrogen and oxygen atoms in total. The third-order valence-electron chi connectivity index (χ3n) is 4.96. The van der Waals surface area contributed by atoms with E-state index in [1.807, 2.05) is 10.9 Å². The van der Waals surface area contributed by atoms with Crippen LogP contribution in [0.5, 0.6) is 0 Å². The van der Waals surface area contributed by atoms with Crippen LogP contribution in [0, 0.1) is 5.41 Å². The van der Waals surface area contributed by atoms with Gasteiger partial charge in [0.1, 0.15) is 0 Å². The van der Waals surface area contributed by atoms with Gasteiger partial charge in [0.25, 0.3) is 0 Å². The van der Waals surface area contributed by atoms with Gasteiger partial charge in [-0.15, -0.1) is 0 Å². The van der Waals surface area contributed by atoms with Gasteiger partial charge in [0, 0.05) is 30.9 Å². The van der Waals surface area contributed by atoms with Crippen molar-refractivity contribution in [2.45, 2.75) is 65.1 Å². The van der Waals surface area contributed by atoms with E-state index in [4.69, 9.17) is 5.73 Å². The highest BCUT2D eigenvalue weighted by molar-refractivity contribution is 5.11. The van der Waals surface area contributed by atoms with Crippen LogP contribution in [-0.2, 0) is 6.54 Å². The third kappa shape index (κ3) is 3.41. The average Bonchev–Trinajstić information content (AvgIpc) is 2.88. The van der Waals surface area contributed by atoms with Crippen molar-refractivity contribution in [3.8, 4) is 0 Å². The van der Waals surface area contributed by atoms with Crippen LogP contribution in [0.2, 0.25) is 0 Å². The van der Waals surface area contributed by atoms with Crippen molar-refractivity contribution >= 4 is 0 Å². The Hall–Kier alpha value is -0.870. The molecule has 1 aromatic heterocycles. The summed E-state index contributed by atoms with van der Waals surface area (Å²) in [6.45, 7) is 8.45. The lowest BCUT2D eigenvalue weighted by Crippen LogP contribution is -2.41. The van der Waals surface area contributed by atoms with Crippen LogP contribution in [0.3, 0.4) is 0 Å². The Morgan fingerprint density at radius 2 is 2.10 bits per heavy atom. The van der Waals surface area contributed by atoms with Crippen LogP contribution in [0.15, 0.2) is 12.4 Å². The Kier molecular flexibility index (Phi) is 4.86. The highest BCUT2D eigenvalue weighted by Gasteiger charge is 2.31. The van der Waals surface area contributed by atoms with E-state index >= 15 is 0 Å². The number of rotatable bonds is 5. The molecule has 0 aromatic carbocycles. The van der Waals surface area contributed by atoms with Gasteiger partial charge in [0.15, 0.2) is 0 Å². The first kappa shape index (κ1) is 15.5. The quantitative estimate of drug-likeness (QED) is 0.901. The standard InChI is InChI=1S/C16H30N4/c1-5-20-12-13(11-18-20)15(10-17)19(4)14-6-8-16(2,3)9-7-14/h11-12,14-15H,5-10,17H2,1-4H3. The number of hydrogen-bond donors (Lipinski definition) is 1. The van der Waals surface area contributed by atoms with E-state index in [0.717, 1.165) is 6.54 Å². The first-order chi connectivity index (χ1) is 9.46. The first-order valence-corrected chi connectivity index (χ1v) is 7.91. The molecule has 20 heavy (non-hydrogen) atoms. The predicted octanol–water partition coefficient (Wildman–Crippen LogP) is 2.80. The molecule has 0 aliphatic heterocycles. The molecule has 2 N–H and O–H groups in total. The predicted molar refractivity (Wildman–Crippen MR) is 83.5 cm³/mol. The van der Waals surface area contributed by atoms with Gasteiger partial charge in [-0.3, -0.25) is 9.58 Å². The van der Waals surface area contributed by atoms with Crippen LogP contribution >= 0.6 is 0 Å². The zero-order valence-corrected chi connectivity index (χ0v) is 13.5. The van der Waals surface area contributed by atoms with Crippen LogP contribution in [-0.4, -0.2) is 34.3 Å². The largest absolute Gasteiger partial charge is 0.329 e. The number of nitrogens with two attached hydrogens (primary N) is 1. The van der Waals surface area contributed by atoms with Crippen molar-refractivity contribution < 1.29 is 0 Å². The van der Waals surface area contributed by atoms with E-state index in [2.05, 4.69) is 44.0 Å². The minimum absolute atomic E-state index is 0.293. The molecule has 1 aliphatic rings. The zero-order valence-electron chi connectivity index (χ0n) is 13.5. The summed E-state index contributed by atoms with van der Waals surface area (Å²) in [5.74, 6) is 0. The summed E-state index contributed by atoms with van der Waals surface area (Å²) in [6, 6.07) is 0.947. The van der Waals surface area contributed by atoms with Crippen molar-refractivity contribution in [1.82, 2.24) is 14.7 Å². The minimum Gasteiger partial charge on any atom is -0.329 e. The molecule has 1 saturated carbocycles. The molecular formula is C16H30N4. The van der Waals surface area contributed by atoms with Gasteiger partial charge >= 0.3 is 0 Å². The summed E-state index contributed by atoms with van der Waals surface area (Å²) in [5, 5.41) is 4.39. The molecule has 2 rings (SSSR count). The number of aryl methyl sites for hydroxylation is 1. The van der Waals surface area contributed by atoms with Crippen molar-refractivity contribution in [3.05, 3.63) is 18.0 Å². The molecule has 1 fully saturated rings. The van der Waals surface area contributed by atoms with Crippen LogP contribution < -0.4 is 5.73 Å². The van der Waals surface area contributed by atoms with Gasteiger partial charge in [-0.25, -0.2) is 0 Å². The van der Waals surface area contributed by atoms with E-state index in [9.17, 15) is 0 Å². The van der Waals surface area contributed by atoms with Crippen molar-refractivity contribution in [2.75, 3.05) is 13.6 Å². The topological polar surface area (TPSA) is 47.1 Å². The zero-order chi connectivity index (χ0) is 14.8. The highest BCUT2D eigenvalue weighted by Crippen LogP contribution is 2.38. The van der Waals surface area contributed by atoms with Gasteiger partial charge in [0.05, 0.1) is 12.2 Å². The maximum absolute atomic E-state index is 6.04. The first-order valence-electron chi connectivity index (χ1n) is 7.91. The summed E-state index contributed by atoms with van der Waals surface area (Å²) in [5.41, 5.74) is 7.81. The van der Waals surface area contributed by atoms with Crippen molar-refractivity contribution in [3.63, 3.8) is 0 Å². The van der Waals surface area contributed by atoms with E-state index in [0.29, 0.717) is 24.0 Å². The van der Waals surface area contributed by atoms with Crippen molar-refractivity contribution in [2.24, 2.45) is 11.1 Å². The Balaban J connectivity index is 2.04. The maximum atomic E-state index is 6.04. The van der Waals surface area contributed by atoms with Gasteiger partial charge in [-0.2, -0.15) is 5.10 Å². The molecule has 4 heteroatoms. The van der Waals surface area contributed by atoms with Crippen LogP contribution in [0.4, 0.5) is 0 Å². The van der Waals surface area contributed by atoms with Gasteiger partial charge in [-0.05, 0) is 45.1 Å². The summed E-state index contributed by atoms with van der Waals surface area (Å²) in [7, 11) is 2.23. The lowest BCUT2D eigenvalue weighted by atomic mass is 9.75. The summed E-state index contributed by atoms with van der Waals surface area (Å²) < 4.78 is 1.98. The van der Waals surface area contributed by atoms with Crippen LogP contribution in [0.25, 0.3) is 0 Å². The molecule has 114 valence electrons. The van der Waals surface area contributed by atoms with Gasteiger partial charge in [-0.1, -0.05) is 13.8 Å². The fraction of sp³-hybridized carbons (Fsp3) is 0.812. The number of hydrogen-bond acceptors (Lipinski definition) is 3. The van der Waals surface area contributed by atoms with E-state index in [1.165, 1.54) is 31.2 Å². The maximum Gasteiger partial charge on any atom is 0.0538 e. The Morgan fingerprint density at radius 1 is 1.45 bits per heavy atom. The van der Waals surface area contributed by atoms with Gasteiger partial charge in [0.2, 0.25) is 0 Å². The second-order valence-electron chi connectivity index (χ2n) is 6.94. The molecule has 1 unspecified atom stereocenters. The second-order valence-corrected chi connectivity index (χ2v) is 6.94.